The van der Waals surface area contributed by atoms with E-state index in [1.54, 1.807) is 13.8 Å². The van der Waals surface area contributed by atoms with Gasteiger partial charge in [0, 0.05) is 5.92 Å². The molecular weight excluding hydrogens is 185 g/mol. The summed E-state index contributed by atoms with van der Waals surface area (Å²) in [5, 5.41) is 2.06. The highest BCUT2D eigenvalue weighted by Crippen LogP contribution is 2.78. The summed E-state index contributed by atoms with van der Waals surface area (Å²) in [4.78, 5) is 12.5. The summed E-state index contributed by atoms with van der Waals surface area (Å²) < 4.78 is 15.6. The zero-order chi connectivity index (χ0) is 8.70. The summed E-state index contributed by atoms with van der Waals surface area (Å²) in [6, 6.07) is 0. The van der Waals surface area contributed by atoms with Gasteiger partial charge in [0.05, 0.1) is 5.16 Å². The summed E-state index contributed by atoms with van der Waals surface area (Å²) in [7, 11) is -3.50. The molecule has 0 saturated carbocycles. The number of isothiocyanates is 1. The molecule has 1 aliphatic heterocycles. The van der Waals surface area contributed by atoms with Gasteiger partial charge < -0.3 is 4.89 Å². The molecule has 0 aromatic heterocycles. The van der Waals surface area contributed by atoms with Gasteiger partial charge in [0.2, 0.25) is 0 Å². The van der Waals surface area contributed by atoms with E-state index in [2.05, 4.69) is 26.9 Å². The molecule has 0 bridgehead atoms. The highest BCUT2D eigenvalue weighted by molar-refractivity contribution is 7.78. The molecule has 0 amide bonds. The fourth-order valence-corrected chi connectivity index (χ4v) is 2.69. The third-order valence-corrected chi connectivity index (χ3v) is 3.56. The maximum atomic E-state index is 11.0. The lowest BCUT2D eigenvalue weighted by molar-refractivity contribution is 0.254. The molecule has 0 aromatic rings. The highest BCUT2D eigenvalue weighted by atomic mass is 32.1. The van der Waals surface area contributed by atoms with Gasteiger partial charge >= 0.3 is 7.60 Å². The quantitative estimate of drug-likeness (QED) is 0.313. The molecule has 0 radical (unpaired) electrons. The zero-order valence-electron chi connectivity index (χ0n) is 6.14. The molecule has 0 aromatic carbocycles. The summed E-state index contributed by atoms with van der Waals surface area (Å²) in [5.74, 6) is -0.159. The Morgan fingerprint density at radius 1 is 1.82 bits per heavy atom. The van der Waals surface area contributed by atoms with Crippen LogP contribution in [0.4, 0.5) is 0 Å². The van der Waals surface area contributed by atoms with Crippen LogP contribution in [0.3, 0.4) is 0 Å². The topological polar surface area (TPSA) is 62.2 Å². The first-order valence-corrected chi connectivity index (χ1v) is 5.07. The van der Waals surface area contributed by atoms with Gasteiger partial charge in [0.15, 0.2) is 0 Å². The Labute approximate surface area is 69.8 Å². The monoisotopic (exact) mass is 193 g/mol. The molecule has 1 fully saturated rings. The maximum absolute atomic E-state index is 11.0. The van der Waals surface area contributed by atoms with Crippen LogP contribution in [-0.2, 0) is 9.09 Å². The summed E-state index contributed by atoms with van der Waals surface area (Å²) in [6.45, 7) is 3.48. The van der Waals surface area contributed by atoms with E-state index in [-0.39, 0.29) is 5.92 Å². The van der Waals surface area contributed by atoms with Crippen LogP contribution in [-0.4, -0.2) is 15.5 Å². The number of hydrogen-bond donors (Lipinski definition) is 1. The van der Waals surface area contributed by atoms with Crippen LogP contribution < -0.4 is 0 Å². The highest BCUT2D eigenvalue weighted by Gasteiger charge is 2.71. The predicted octanol–water partition coefficient (Wildman–Crippen LogP) is 1.61. The van der Waals surface area contributed by atoms with Gasteiger partial charge in [-0.2, -0.15) is 4.99 Å². The van der Waals surface area contributed by atoms with E-state index in [1.807, 2.05) is 0 Å². The fourth-order valence-electron chi connectivity index (χ4n) is 0.871. The second-order valence-electron chi connectivity index (χ2n) is 2.63. The molecule has 0 spiro atoms. The van der Waals surface area contributed by atoms with Crippen molar-refractivity contribution in [2.45, 2.75) is 19.3 Å². The summed E-state index contributed by atoms with van der Waals surface area (Å²) in [6.07, 6.45) is 0. The van der Waals surface area contributed by atoms with Crippen LogP contribution in [0.2, 0.25) is 0 Å². The van der Waals surface area contributed by atoms with Crippen LogP contribution in [0.5, 0.6) is 0 Å². The molecule has 2 atom stereocenters. The molecule has 0 aliphatic carbocycles. The second kappa shape index (κ2) is 2.47. The van der Waals surface area contributed by atoms with Crippen LogP contribution in [0.1, 0.15) is 13.8 Å². The minimum absolute atomic E-state index is 0.159. The Hall–Kier alpha value is -0.0500. The van der Waals surface area contributed by atoms with E-state index >= 15 is 0 Å². The van der Waals surface area contributed by atoms with Gasteiger partial charge in [0.25, 0.3) is 5.47 Å². The van der Waals surface area contributed by atoms with Crippen molar-refractivity contribution in [2.24, 2.45) is 10.9 Å². The molecule has 4 nitrogen and oxygen atoms in total. The van der Waals surface area contributed by atoms with Crippen molar-refractivity contribution in [3.8, 4) is 0 Å². The molecule has 1 heterocycles. The molecule has 1 saturated heterocycles. The van der Waals surface area contributed by atoms with Gasteiger partial charge in [-0.15, -0.1) is 0 Å². The molecule has 1 N–H and O–H groups in total. The van der Waals surface area contributed by atoms with Crippen molar-refractivity contribution < 1.29 is 14.0 Å². The lowest BCUT2D eigenvalue weighted by Crippen LogP contribution is -2.13. The Morgan fingerprint density at radius 3 is 2.36 bits per heavy atom. The number of nitrogens with zero attached hydrogens (tertiary/aromatic N) is 1. The predicted molar refractivity (Wildman–Crippen MR) is 43.5 cm³/mol. The van der Waals surface area contributed by atoms with Crippen LogP contribution in [0, 0.1) is 5.92 Å². The molecule has 2 unspecified atom stereocenters. The number of hydrogen-bond acceptors (Lipinski definition) is 4. The maximum Gasteiger partial charge on any atom is 0.386 e. The van der Waals surface area contributed by atoms with Crippen LogP contribution >= 0.6 is 19.8 Å². The number of aliphatic imine (C=N–C) groups is 1. The Morgan fingerprint density at radius 2 is 2.27 bits per heavy atom. The van der Waals surface area contributed by atoms with Crippen molar-refractivity contribution in [3.05, 3.63) is 0 Å². The Bertz CT molecular complexity index is 273. The van der Waals surface area contributed by atoms with E-state index in [0.29, 0.717) is 0 Å². The molecule has 6 heteroatoms. The van der Waals surface area contributed by atoms with Crippen molar-refractivity contribution in [1.82, 2.24) is 0 Å². The first kappa shape index (κ1) is 9.04. The Kier molecular flexibility index (Phi) is 2.03. The number of thiocarbonyl (C=S) groups is 1. The zero-order valence-corrected chi connectivity index (χ0v) is 7.85. The van der Waals surface area contributed by atoms with E-state index in [9.17, 15) is 4.57 Å². The lowest BCUT2D eigenvalue weighted by atomic mass is 10.2. The van der Waals surface area contributed by atoms with Crippen molar-refractivity contribution in [1.29, 1.82) is 0 Å². The largest absolute Gasteiger partial charge is 0.386 e. The van der Waals surface area contributed by atoms with E-state index in [1.165, 1.54) is 0 Å². The SMILES string of the molecule is CC(C)C1(N=C=S)OP1(=O)O. The van der Waals surface area contributed by atoms with Gasteiger partial charge in [0.1, 0.15) is 0 Å². The van der Waals surface area contributed by atoms with Gasteiger partial charge in [-0.05, 0) is 12.2 Å². The molecule has 1 aliphatic rings. The molecule has 11 heavy (non-hydrogen) atoms. The van der Waals surface area contributed by atoms with Crippen molar-refractivity contribution >= 4 is 25.0 Å². The third kappa shape index (κ3) is 1.19. The normalized spacial score (nSPS) is 41.8. The standard InChI is InChI=1S/C5H8NO3PS/c1-4(2)5(6-3-11)9-10(5,7)8/h4H,1-2H3,(H,7,8). The van der Waals surface area contributed by atoms with Crippen molar-refractivity contribution in [3.63, 3.8) is 0 Å². The first-order chi connectivity index (χ1) is 4.96. The minimum atomic E-state index is -3.50. The lowest BCUT2D eigenvalue weighted by Gasteiger charge is -2.04. The Balaban J connectivity index is 2.97. The summed E-state index contributed by atoms with van der Waals surface area (Å²) >= 11 is 4.33. The van der Waals surface area contributed by atoms with Crippen LogP contribution in [0.15, 0.2) is 4.99 Å². The van der Waals surface area contributed by atoms with Gasteiger partial charge in [-0.1, -0.05) is 13.8 Å². The molecular formula is C5H8NO3PS. The summed E-state index contributed by atoms with van der Waals surface area (Å²) in [5.41, 5.74) is -1.28. The molecule has 62 valence electrons. The second-order valence-corrected chi connectivity index (χ2v) is 4.67. The van der Waals surface area contributed by atoms with E-state index in [4.69, 9.17) is 4.89 Å². The van der Waals surface area contributed by atoms with Gasteiger partial charge in [-0.3, -0.25) is 9.09 Å². The fraction of sp³-hybridized carbons (Fsp3) is 0.800. The number of rotatable bonds is 2. The first-order valence-electron chi connectivity index (χ1n) is 3.09. The van der Waals surface area contributed by atoms with E-state index < -0.39 is 13.1 Å². The smallest absolute Gasteiger partial charge is 0.321 e. The average Bonchev–Trinajstić information content (AvgIpc) is 2.36. The van der Waals surface area contributed by atoms with Crippen LogP contribution in [0.25, 0.3) is 0 Å². The van der Waals surface area contributed by atoms with E-state index in [0.717, 1.165) is 0 Å². The average molecular weight is 193 g/mol. The third-order valence-electron chi connectivity index (χ3n) is 1.59. The molecule has 1 rings (SSSR count). The van der Waals surface area contributed by atoms with Gasteiger partial charge in [-0.25, -0.2) is 0 Å². The van der Waals surface area contributed by atoms with Crippen molar-refractivity contribution in [2.75, 3.05) is 0 Å². The minimum Gasteiger partial charge on any atom is -0.321 e.